The fraction of sp³-hybridized carbons (Fsp3) is 0.625. The quantitative estimate of drug-likeness (QED) is 0.370. The summed E-state index contributed by atoms with van der Waals surface area (Å²) in [4.78, 5) is 0. The van der Waals surface area contributed by atoms with Crippen molar-refractivity contribution in [3.63, 3.8) is 0 Å². The predicted molar refractivity (Wildman–Crippen MR) is 153 cm³/mol. The van der Waals surface area contributed by atoms with Gasteiger partial charge in [-0.2, -0.15) is 0 Å². The number of aryl methyl sites for hydroxylation is 2. The number of benzene rings is 2. The first-order valence-electron chi connectivity index (χ1n) is 14.5. The van der Waals surface area contributed by atoms with Crippen LogP contribution in [0.1, 0.15) is 80.0 Å². The van der Waals surface area contributed by atoms with Crippen molar-refractivity contribution in [2.24, 2.45) is 29.0 Å². The molecule has 4 rings (SSSR count). The van der Waals surface area contributed by atoms with Crippen molar-refractivity contribution in [3.05, 3.63) is 70.8 Å². The molecule has 0 amide bonds. The first-order valence-corrected chi connectivity index (χ1v) is 14.5. The standard InChI is InChI=1S/C32H50N4/c1-22-11-15-24(16-12-22)19-29(33)30(20-25-17-13-23(2)14-18-25)36-28-10-6-9-27(21-28)32(35)31(34)26-7-4-3-5-8-26/h11-18,26-32,36H,3-10,19-21,33-35H2,1-2H3/t27?,28?,29-,30-,31-,32-/m0/s1. The molecule has 36 heavy (non-hydrogen) atoms. The molecule has 2 aromatic carbocycles. The van der Waals surface area contributed by atoms with E-state index in [4.69, 9.17) is 17.2 Å². The minimum absolute atomic E-state index is 0.0487. The Kier molecular flexibility index (Phi) is 10.0. The van der Waals surface area contributed by atoms with Gasteiger partial charge in [0.1, 0.15) is 0 Å². The summed E-state index contributed by atoms with van der Waals surface area (Å²) in [5.41, 5.74) is 25.8. The summed E-state index contributed by atoms with van der Waals surface area (Å²) in [6.07, 6.45) is 13.1. The molecule has 6 atom stereocenters. The van der Waals surface area contributed by atoms with Crippen molar-refractivity contribution < 1.29 is 0 Å². The van der Waals surface area contributed by atoms with Crippen LogP contribution in [-0.2, 0) is 12.8 Å². The van der Waals surface area contributed by atoms with Crippen LogP contribution in [0.15, 0.2) is 48.5 Å². The lowest BCUT2D eigenvalue weighted by Crippen LogP contribution is -2.56. The third-order valence-corrected chi connectivity index (χ3v) is 9.03. The minimum Gasteiger partial charge on any atom is -0.326 e. The van der Waals surface area contributed by atoms with Crippen molar-refractivity contribution in [2.75, 3.05) is 0 Å². The maximum absolute atomic E-state index is 6.92. The highest BCUT2D eigenvalue weighted by Crippen LogP contribution is 2.33. The SMILES string of the molecule is Cc1ccc(C[C@H](NC2CCCC([C@H](N)[C@@H](N)C3CCCCC3)C2)[C@@H](N)Cc2ccc(C)cc2)cc1. The van der Waals surface area contributed by atoms with Gasteiger partial charge in [-0.1, -0.05) is 85.3 Å². The van der Waals surface area contributed by atoms with Gasteiger partial charge in [-0.3, -0.25) is 0 Å². The molecule has 4 nitrogen and oxygen atoms in total. The molecule has 2 fully saturated rings. The monoisotopic (exact) mass is 490 g/mol. The number of hydrogen-bond acceptors (Lipinski definition) is 4. The Morgan fingerprint density at radius 3 is 1.81 bits per heavy atom. The summed E-state index contributed by atoms with van der Waals surface area (Å²) in [7, 11) is 0. The highest BCUT2D eigenvalue weighted by molar-refractivity contribution is 5.24. The molecule has 0 spiro atoms. The zero-order chi connectivity index (χ0) is 25.5. The molecule has 2 unspecified atom stereocenters. The Morgan fingerprint density at radius 1 is 0.667 bits per heavy atom. The molecule has 198 valence electrons. The summed E-state index contributed by atoms with van der Waals surface area (Å²) < 4.78 is 0. The largest absolute Gasteiger partial charge is 0.326 e. The molecule has 0 saturated heterocycles. The van der Waals surface area contributed by atoms with Crippen molar-refractivity contribution in [1.82, 2.24) is 5.32 Å². The zero-order valence-corrected chi connectivity index (χ0v) is 22.7. The molecule has 2 aliphatic carbocycles. The van der Waals surface area contributed by atoms with Gasteiger partial charge in [0.05, 0.1) is 0 Å². The second-order valence-electron chi connectivity index (χ2n) is 12.0. The highest BCUT2D eigenvalue weighted by Gasteiger charge is 2.34. The van der Waals surface area contributed by atoms with Crippen LogP contribution in [0, 0.1) is 25.7 Å². The lowest BCUT2D eigenvalue weighted by molar-refractivity contribution is 0.183. The van der Waals surface area contributed by atoms with E-state index in [0.717, 1.165) is 19.3 Å². The lowest BCUT2D eigenvalue weighted by atomic mass is 9.73. The molecule has 0 radical (unpaired) electrons. The molecule has 4 heteroatoms. The van der Waals surface area contributed by atoms with E-state index in [1.807, 2.05) is 0 Å². The molecule has 2 aromatic rings. The van der Waals surface area contributed by atoms with Crippen molar-refractivity contribution in [3.8, 4) is 0 Å². The summed E-state index contributed by atoms with van der Waals surface area (Å²) in [5, 5.41) is 4.03. The zero-order valence-electron chi connectivity index (χ0n) is 22.7. The van der Waals surface area contributed by atoms with Crippen LogP contribution < -0.4 is 22.5 Å². The topological polar surface area (TPSA) is 90.1 Å². The Bertz CT molecular complexity index is 903. The second-order valence-corrected chi connectivity index (χ2v) is 12.0. The van der Waals surface area contributed by atoms with Crippen LogP contribution in [0.3, 0.4) is 0 Å². The van der Waals surface area contributed by atoms with Gasteiger partial charge in [0.2, 0.25) is 0 Å². The fourth-order valence-electron chi connectivity index (χ4n) is 6.63. The first kappa shape index (κ1) is 27.3. The van der Waals surface area contributed by atoms with Gasteiger partial charge in [-0.25, -0.2) is 0 Å². The van der Waals surface area contributed by atoms with Crippen molar-refractivity contribution >= 4 is 0 Å². The van der Waals surface area contributed by atoms with Crippen LogP contribution >= 0.6 is 0 Å². The maximum atomic E-state index is 6.92. The van der Waals surface area contributed by atoms with E-state index in [9.17, 15) is 0 Å². The van der Waals surface area contributed by atoms with E-state index in [1.165, 1.54) is 73.6 Å². The smallest absolute Gasteiger partial charge is 0.0265 e. The van der Waals surface area contributed by atoms with E-state index >= 15 is 0 Å². The van der Waals surface area contributed by atoms with Gasteiger partial charge in [0.25, 0.3) is 0 Å². The lowest BCUT2D eigenvalue weighted by Gasteiger charge is -2.40. The van der Waals surface area contributed by atoms with E-state index in [-0.39, 0.29) is 24.2 Å². The Labute approximate surface area is 219 Å². The summed E-state index contributed by atoms with van der Waals surface area (Å²) >= 11 is 0. The van der Waals surface area contributed by atoms with Crippen LogP contribution in [0.2, 0.25) is 0 Å². The molecule has 0 aliphatic heterocycles. The highest BCUT2D eigenvalue weighted by atomic mass is 15.0. The molecule has 2 saturated carbocycles. The minimum atomic E-state index is 0.0487. The Balaban J connectivity index is 1.42. The van der Waals surface area contributed by atoms with Crippen LogP contribution in [0.25, 0.3) is 0 Å². The van der Waals surface area contributed by atoms with E-state index < -0.39 is 0 Å². The summed E-state index contributed by atoms with van der Waals surface area (Å²) in [5.74, 6) is 1.11. The Hall–Kier alpha value is -1.72. The first-order chi connectivity index (χ1) is 17.4. The normalized spacial score (nSPS) is 24.7. The molecule has 0 aromatic heterocycles. The van der Waals surface area contributed by atoms with E-state index in [0.29, 0.717) is 17.9 Å². The van der Waals surface area contributed by atoms with E-state index in [2.05, 4.69) is 67.7 Å². The van der Waals surface area contributed by atoms with Gasteiger partial charge >= 0.3 is 0 Å². The van der Waals surface area contributed by atoms with Crippen LogP contribution in [0.5, 0.6) is 0 Å². The Morgan fingerprint density at radius 2 is 1.19 bits per heavy atom. The molecule has 0 bridgehead atoms. The number of nitrogens with two attached hydrogens (primary N) is 3. The van der Waals surface area contributed by atoms with Crippen LogP contribution in [-0.4, -0.2) is 30.2 Å². The number of hydrogen-bond donors (Lipinski definition) is 4. The maximum Gasteiger partial charge on any atom is 0.0265 e. The third-order valence-electron chi connectivity index (χ3n) is 9.03. The van der Waals surface area contributed by atoms with Crippen LogP contribution in [0.4, 0.5) is 0 Å². The van der Waals surface area contributed by atoms with Gasteiger partial charge < -0.3 is 22.5 Å². The number of nitrogens with one attached hydrogen (secondary N) is 1. The molecule has 2 aliphatic rings. The van der Waals surface area contributed by atoms with Gasteiger partial charge in [-0.05, 0) is 81.8 Å². The number of rotatable bonds is 10. The van der Waals surface area contributed by atoms with Gasteiger partial charge in [-0.15, -0.1) is 0 Å². The van der Waals surface area contributed by atoms with E-state index in [1.54, 1.807) is 0 Å². The third kappa shape index (κ3) is 7.64. The average Bonchev–Trinajstić information content (AvgIpc) is 2.90. The molecule has 7 N–H and O–H groups in total. The molecular formula is C32H50N4. The second kappa shape index (κ2) is 13.2. The van der Waals surface area contributed by atoms with Gasteiger partial charge in [0, 0.05) is 30.2 Å². The van der Waals surface area contributed by atoms with Gasteiger partial charge in [0.15, 0.2) is 0 Å². The fourth-order valence-corrected chi connectivity index (χ4v) is 6.63. The van der Waals surface area contributed by atoms with Crippen molar-refractivity contribution in [1.29, 1.82) is 0 Å². The van der Waals surface area contributed by atoms with Crippen molar-refractivity contribution in [2.45, 2.75) is 115 Å². The molecular weight excluding hydrogens is 440 g/mol. The predicted octanol–water partition coefficient (Wildman–Crippen LogP) is 5.17. The summed E-state index contributed by atoms with van der Waals surface area (Å²) in [6.45, 7) is 4.28. The average molecular weight is 491 g/mol. The summed E-state index contributed by atoms with van der Waals surface area (Å²) in [6, 6.07) is 18.7. The molecule has 0 heterocycles.